The molecule has 0 aliphatic carbocycles. The van der Waals surface area contributed by atoms with E-state index in [2.05, 4.69) is 31.2 Å². The molecule has 1 fully saturated rings. The number of likely N-dealkylation sites (tertiary alicyclic amines) is 1. The Morgan fingerprint density at radius 3 is 2.21 bits per heavy atom. The van der Waals surface area contributed by atoms with Gasteiger partial charge in [0, 0.05) is 18.5 Å². The molecule has 24 heavy (non-hydrogen) atoms. The van der Waals surface area contributed by atoms with Crippen molar-refractivity contribution in [3.63, 3.8) is 0 Å². The highest BCUT2D eigenvalue weighted by atomic mass is 35.5. The molecule has 1 heterocycles. The van der Waals surface area contributed by atoms with Gasteiger partial charge in [-0.05, 0) is 31.4 Å². The van der Waals surface area contributed by atoms with Crippen LogP contribution in [0.5, 0.6) is 0 Å². The van der Waals surface area contributed by atoms with Crippen LogP contribution in [0.2, 0.25) is 0 Å². The van der Waals surface area contributed by atoms with E-state index < -0.39 is 5.54 Å². The molecule has 1 aliphatic rings. The number of rotatable bonds is 3. The predicted molar refractivity (Wildman–Crippen MR) is 100 cm³/mol. The molecule has 2 aromatic carbocycles. The lowest BCUT2D eigenvalue weighted by Gasteiger charge is -2.32. The molecule has 1 saturated heterocycles. The molecule has 3 unspecified atom stereocenters. The van der Waals surface area contributed by atoms with Crippen molar-refractivity contribution in [1.82, 2.24) is 4.90 Å². The summed E-state index contributed by atoms with van der Waals surface area (Å²) in [6, 6.07) is 20.3. The first kappa shape index (κ1) is 18.5. The van der Waals surface area contributed by atoms with Crippen LogP contribution in [0.3, 0.4) is 0 Å². The van der Waals surface area contributed by atoms with Crippen LogP contribution in [-0.4, -0.2) is 23.4 Å². The van der Waals surface area contributed by atoms with E-state index >= 15 is 0 Å². The number of halogens is 1. The zero-order valence-electron chi connectivity index (χ0n) is 14.2. The van der Waals surface area contributed by atoms with E-state index in [-0.39, 0.29) is 24.4 Å². The summed E-state index contributed by atoms with van der Waals surface area (Å²) in [4.78, 5) is 15.0. The predicted octanol–water partition coefficient (Wildman–Crippen LogP) is 3.69. The summed E-state index contributed by atoms with van der Waals surface area (Å²) in [5.41, 5.74) is 7.59. The van der Waals surface area contributed by atoms with E-state index in [9.17, 15) is 4.79 Å². The van der Waals surface area contributed by atoms with Crippen LogP contribution < -0.4 is 5.73 Å². The summed E-state index contributed by atoms with van der Waals surface area (Å²) in [6.07, 6.45) is 0.987. The lowest BCUT2D eigenvalue weighted by molar-refractivity contribution is -0.137. The fourth-order valence-electron chi connectivity index (χ4n) is 3.49. The van der Waals surface area contributed by atoms with E-state index in [1.807, 2.05) is 48.2 Å². The topological polar surface area (TPSA) is 46.3 Å². The van der Waals surface area contributed by atoms with Gasteiger partial charge in [-0.2, -0.15) is 0 Å². The van der Waals surface area contributed by atoms with Crippen molar-refractivity contribution in [1.29, 1.82) is 0 Å². The van der Waals surface area contributed by atoms with Gasteiger partial charge in [0.1, 0.15) is 5.54 Å². The van der Waals surface area contributed by atoms with Gasteiger partial charge in [0.25, 0.3) is 0 Å². The van der Waals surface area contributed by atoms with Crippen molar-refractivity contribution >= 4 is 18.3 Å². The number of nitrogens with two attached hydrogens (primary N) is 1. The quantitative estimate of drug-likeness (QED) is 0.923. The second-order valence-electron chi connectivity index (χ2n) is 6.72. The number of amides is 1. The Kier molecular flexibility index (Phi) is 5.68. The Hall–Kier alpha value is -1.84. The van der Waals surface area contributed by atoms with Gasteiger partial charge >= 0.3 is 0 Å². The molecule has 0 radical (unpaired) electrons. The minimum atomic E-state index is -0.985. The molecule has 1 aliphatic heterocycles. The molecule has 1 amide bonds. The molecular weight excluding hydrogens is 320 g/mol. The van der Waals surface area contributed by atoms with Gasteiger partial charge < -0.3 is 10.6 Å². The van der Waals surface area contributed by atoms with Gasteiger partial charge in [-0.3, -0.25) is 4.79 Å². The third kappa shape index (κ3) is 3.47. The van der Waals surface area contributed by atoms with Crippen LogP contribution in [0.1, 0.15) is 37.3 Å². The Morgan fingerprint density at radius 1 is 1.08 bits per heavy atom. The highest BCUT2D eigenvalue weighted by Crippen LogP contribution is 2.34. The molecule has 4 heteroatoms. The molecule has 0 saturated carbocycles. The molecule has 0 aromatic heterocycles. The van der Waals surface area contributed by atoms with Crippen molar-refractivity contribution in [2.24, 2.45) is 5.73 Å². The Morgan fingerprint density at radius 2 is 1.62 bits per heavy atom. The minimum Gasteiger partial charge on any atom is -0.337 e. The van der Waals surface area contributed by atoms with Crippen LogP contribution in [0, 0.1) is 0 Å². The van der Waals surface area contributed by atoms with Gasteiger partial charge in [-0.15, -0.1) is 12.4 Å². The minimum absolute atomic E-state index is 0. The Bertz CT molecular complexity index is 673. The van der Waals surface area contributed by atoms with Crippen molar-refractivity contribution in [3.05, 3.63) is 71.8 Å². The van der Waals surface area contributed by atoms with Gasteiger partial charge in [-0.25, -0.2) is 0 Å². The van der Waals surface area contributed by atoms with Crippen LogP contribution in [0.4, 0.5) is 0 Å². The lowest BCUT2D eigenvalue weighted by Crippen LogP contribution is -2.52. The summed E-state index contributed by atoms with van der Waals surface area (Å²) in [5, 5.41) is 0. The number of carbonyl (C=O) groups excluding carboxylic acids is 1. The van der Waals surface area contributed by atoms with Crippen molar-refractivity contribution in [3.8, 4) is 0 Å². The number of hydrogen-bond donors (Lipinski definition) is 1. The van der Waals surface area contributed by atoms with Crippen LogP contribution >= 0.6 is 12.4 Å². The molecular formula is C20H25ClN2O. The molecule has 0 spiro atoms. The van der Waals surface area contributed by atoms with Gasteiger partial charge in [0.05, 0.1) is 0 Å². The number of benzene rings is 2. The largest absolute Gasteiger partial charge is 0.337 e. The standard InChI is InChI=1S/C20H24N2O.ClH/c1-15-13-17(16-9-5-3-6-10-16)14-22(15)19(23)20(2,21)18-11-7-4-8-12-18;/h3-12,15,17H,13-14,21H2,1-2H3;1H. The summed E-state index contributed by atoms with van der Waals surface area (Å²) < 4.78 is 0. The Balaban J connectivity index is 0.00000208. The monoisotopic (exact) mass is 344 g/mol. The molecule has 0 bridgehead atoms. The zero-order chi connectivity index (χ0) is 16.4. The molecule has 3 nitrogen and oxygen atoms in total. The maximum Gasteiger partial charge on any atom is 0.247 e. The third-order valence-electron chi connectivity index (χ3n) is 4.92. The number of hydrogen-bond acceptors (Lipinski definition) is 2. The molecule has 3 rings (SSSR count). The van der Waals surface area contributed by atoms with E-state index in [0.717, 1.165) is 18.5 Å². The average molecular weight is 345 g/mol. The van der Waals surface area contributed by atoms with Crippen molar-refractivity contribution in [2.75, 3.05) is 6.54 Å². The van der Waals surface area contributed by atoms with Gasteiger partial charge in [0.15, 0.2) is 0 Å². The molecule has 3 atom stereocenters. The summed E-state index contributed by atoms with van der Waals surface area (Å²) in [6.45, 7) is 4.67. The first-order valence-corrected chi connectivity index (χ1v) is 8.20. The molecule has 2 N–H and O–H groups in total. The van der Waals surface area contributed by atoms with E-state index in [0.29, 0.717) is 5.92 Å². The smallest absolute Gasteiger partial charge is 0.247 e. The highest BCUT2D eigenvalue weighted by molar-refractivity contribution is 5.87. The number of carbonyl (C=O) groups is 1. The first-order chi connectivity index (χ1) is 11.0. The van der Waals surface area contributed by atoms with Crippen molar-refractivity contribution < 1.29 is 4.79 Å². The van der Waals surface area contributed by atoms with E-state index in [4.69, 9.17) is 5.73 Å². The van der Waals surface area contributed by atoms with Crippen molar-refractivity contribution in [2.45, 2.75) is 37.8 Å². The van der Waals surface area contributed by atoms with E-state index in [1.165, 1.54) is 5.56 Å². The summed E-state index contributed by atoms with van der Waals surface area (Å²) in [7, 11) is 0. The normalized spacial score (nSPS) is 22.5. The summed E-state index contributed by atoms with van der Waals surface area (Å²) in [5.74, 6) is 0.399. The van der Waals surface area contributed by atoms with Gasteiger partial charge in [0.2, 0.25) is 5.91 Å². The summed E-state index contributed by atoms with van der Waals surface area (Å²) >= 11 is 0. The lowest BCUT2D eigenvalue weighted by atomic mass is 9.91. The zero-order valence-corrected chi connectivity index (χ0v) is 15.0. The van der Waals surface area contributed by atoms with Crippen LogP contribution in [0.25, 0.3) is 0 Å². The van der Waals surface area contributed by atoms with E-state index in [1.54, 1.807) is 0 Å². The Labute approximate surface area is 150 Å². The molecule has 2 aromatic rings. The average Bonchev–Trinajstić information content (AvgIpc) is 2.97. The van der Waals surface area contributed by atoms with Gasteiger partial charge in [-0.1, -0.05) is 60.7 Å². The second kappa shape index (κ2) is 7.37. The molecule has 128 valence electrons. The fraction of sp³-hybridized carbons (Fsp3) is 0.350. The second-order valence-corrected chi connectivity index (χ2v) is 6.72. The van der Waals surface area contributed by atoms with Crippen LogP contribution in [-0.2, 0) is 10.3 Å². The highest BCUT2D eigenvalue weighted by Gasteiger charge is 2.41. The number of nitrogens with zero attached hydrogens (tertiary/aromatic N) is 1. The fourth-order valence-corrected chi connectivity index (χ4v) is 3.49. The SMILES string of the molecule is CC1CC(c2ccccc2)CN1C(=O)C(C)(N)c1ccccc1.Cl. The van der Waals surface area contributed by atoms with Crippen LogP contribution in [0.15, 0.2) is 60.7 Å². The third-order valence-corrected chi connectivity index (χ3v) is 4.92. The maximum absolute atomic E-state index is 13.1. The first-order valence-electron chi connectivity index (χ1n) is 8.20. The maximum atomic E-state index is 13.1.